The van der Waals surface area contributed by atoms with Crippen molar-refractivity contribution in [1.29, 1.82) is 0 Å². The van der Waals surface area contributed by atoms with Gasteiger partial charge in [-0.3, -0.25) is 9.59 Å². The molecule has 1 aliphatic rings. The second-order valence-corrected chi connectivity index (χ2v) is 7.02. The Balaban J connectivity index is 1.53. The van der Waals surface area contributed by atoms with E-state index in [1.807, 2.05) is 4.90 Å². The summed E-state index contributed by atoms with van der Waals surface area (Å²) in [6, 6.07) is 12.0. The summed E-state index contributed by atoms with van der Waals surface area (Å²) < 4.78 is 43.9. The number of primary amides is 1. The number of benzene rings is 2. The van der Waals surface area contributed by atoms with Crippen molar-refractivity contribution in [2.45, 2.75) is 6.18 Å². The van der Waals surface area contributed by atoms with Gasteiger partial charge in [-0.25, -0.2) is 0 Å². The molecule has 0 unspecified atom stereocenters. The number of hydrogen-bond donors (Lipinski definition) is 1. The summed E-state index contributed by atoms with van der Waals surface area (Å²) in [6.45, 7) is 1.53. The van der Waals surface area contributed by atoms with Crippen LogP contribution in [0.15, 0.2) is 54.6 Å². The van der Waals surface area contributed by atoms with E-state index in [4.69, 9.17) is 10.5 Å². The lowest BCUT2D eigenvalue weighted by molar-refractivity contribution is -0.137. The van der Waals surface area contributed by atoms with Crippen molar-refractivity contribution in [2.24, 2.45) is 5.73 Å². The number of amides is 2. The van der Waals surface area contributed by atoms with Crippen molar-refractivity contribution >= 4 is 23.6 Å². The second-order valence-electron chi connectivity index (χ2n) is 7.02. The van der Waals surface area contributed by atoms with Gasteiger partial charge < -0.3 is 20.3 Å². The van der Waals surface area contributed by atoms with Gasteiger partial charge in [-0.05, 0) is 42.0 Å². The summed E-state index contributed by atoms with van der Waals surface area (Å²) in [5.74, 6) is -0.242. The van der Waals surface area contributed by atoms with Crippen molar-refractivity contribution in [3.8, 4) is 5.75 Å². The number of ether oxygens (including phenoxy) is 1. The van der Waals surface area contributed by atoms with Crippen molar-refractivity contribution in [3.63, 3.8) is 0 Å². The van der Waals surface area contributed by atoms with Gasteiger partial charge in [0.1, 0.15) is 5.75 Å². The fourth-order valence-electron chi connectivity index (χ4n) is 3.17. The van der Waals surface area contributed by atoms with Crippen molar-refractivity contribution in [3.05, 3.63) is 65.7 Å². The smallest absolute Gasteiger partial charge is 0.416 e. The predicted octanol–water partition coefficient (Wildman–Crippen LogP) is 2.93. The molecule has 0 aromatic heterocycles. The third-order valence-corrected chi connectivity index (χ3v) is 4.81. The Hall–Kier alpha value is -3.49. The monoisotopic (exact) mass is 433 g/mol. The number of nitrogens with two attached hydrogens (primary N) is 1. The number of alkyl halides is 3. The number of halogens is 3. The van der Waals surface area contributed by atoms with Gasteiger partial charge in [0, 0.05) is 37.9 Å². The molecule has 1 saturated heterocycles. The van der Waals surface area contributed by atoms with E-state index in [-0.39, 0.29) is 12.5 Å². The summed E-state index contributed by atoms with van der Waals surface area (Å²) in [5.41, 5.74) is 5.62. The van der Waals surface area contributed by atoms with Gasteiger partial charge in [0.15, 0.2) is 6.61 Å². The lowest BCUT2D eigenvalue weighted by Crippen LogP contribution is -2.48. The highest BCUT2D eigenvalue weighted by atomic mass is 19.4. The van der Waals surface area contributed by atoms with Crippen molar-refractivity contribution in [2.75, 3.05) is 37.7 Å². The average molecular weight is 433 g/mol. The molecule has 2 aromatic carbocycles. The number of rotatable bonds is 6. The van der Waals surface area contributed by atoms with Gasteiger partial charge in [-0.1, -0.05) is 18.2 Å². The van der Waals surface area contributed by atoms with E-state index in [1.54, 1.807) is 41.3 Å². The Morgan fingerprint density at radius 2 is 1.71 bits per heavy atom. The van der Waals surface area contributed by atoms with Gasteiger partial charge in [0.2, 0.25) is 5.91 Å². The Labute approximate surface area is 177 Å². The standard InChI is InChI=1S/C22H22F3N3O3/c23-22(24,25)17-2-1-3-18(14-17)27-10-12-28(13-11-27)21(30)9-6-16-4-7-19(8-5-16)31-15-20(26)29/h1-9,14H,10-13,15H2,(H2,26,29). The number of piperazine rings is 1. The maximum absolute atomic E-state index is 12.9. The molecule has 0 spiro atoms. The molecule has 0 saturated carbocycles. The van der Waals surface area contributed by atoms with Gasteiger partial charge >= 0.3 is 6.18 Å². The Bertz CT molecular complexity index is 950. The molecular formula is C22H22F3N3O3. The quantitative estimate of drug-likeness (QED) is 0.711. The number of anilines is 1. The molecule has 2 aromatic rings. The number of carbonyl (C=O) groups excluding carboxylic acids is 2. The van der Waals surface area contributed by atoms with Gasteiger partial charge in [0.05, 0.1) is 5.56 Å². The third kappa shape index (κ3) is 6.24. The molecule has 0 atom stereocenters. The molecule has 31 heavy (non-hydrogen) atoms. The topological polar surface area (TPSA) is 75.9 Å². The molecular weight excluding hydrogens is 411 g/mol. The van der Waals surface area contributed by atoms with Crippen molar-refractivity contribution in [1.82, 2.24) is 4.90 Å². The largest absolute Gasteiger partial charge is 0.484 e. The number of hydrogen-bond acceptors (Lipinski definition) is 4. The van der Waals surface area contributed by atoms with E-state index in [0.29, 0.717) is 37.6 Å². The highest BCUT2D eigenvalue weighted by molar-refractivity contribution is 5.92. The SMILES string of the molecule is NC(=O)COc1ccc(C=CC(=O)N2CCN(c3cccc(C(F)(F)F)c3)CC2)cc1. The third-order valence-electron chi connectivity index (χ3n) is 4.81. The fourth-order valence-corrected chi connectivity index (χ4v) is 3.17. The van der Waals surface area contributed by atoms with Crippen LogP contribution >= 0.6 is 0 Å². The maximum atomic E-state index is 12.9. The minimum Gasteiger partial charge on any atom is -0.484 e. The summed E-state index contributed by atoms with van der Waals surface area (Å²) >= 11 is 0. The molecule has 1 heterocycles. The second kappa shape index (κ2) is 9.55. The first-order chi connectivity index (χ1) is 14.7. The minimum absolute atomic E-state index is 0.169. The maximum Gasteiger partial charge on any atom is 0.416 e. The zero-order chi connectivity index (χ0) is 22.4. The predicted molar refractivity (Wildman–Crippen MR) is 110 cm³/mol. The van der Waals surface area contributed by atoms with Crippen LogP contribution in [0.2, 0.25) is 0 Å². The Kier molecular flexibility index (Phi) is 6.84. The fraction of sp³-hybridized carbons (Fsp3) is 0.273. The van der Waals surface area contributed by atoms with Crippen LogP contribution in [0.3, 0.4) is 0 Å². The van der Waals surface area contributed by atoms with E-state index in [1.165, 1.54) is 12.1 Å². The van der Waals surface area contributed by atoms with Gasteiger partial charge in [0.25, 0.3) is 5.91 Å². The van der Waals surface area contributed by atoms with Crippen LogP contribution in [0.4, 0.5) is 18.9 Å². The van der Waals surface area contributed by atoms with E-state index in [0.717, 1.165) is 17.7 Å². The van der Waals surface area contributed by atoms with Gasteiger partial charge in [-0.15, -0.1) is 0 Å². The molecule has 2 N–H and O–H groups in total. The van der Waals surface area contributed by atoms with Crippen LogP contribution in [-0.2, 0) is 15.8 Å². The summed E-state index contributed by atoms with van der Waals surface area (Å²) in [7, 11) is 0. The average Bonchev–Trinajstić information content (AvgIpc) is 2.76. The molecule has 6 nitrogen and oxygen atoms in total. The van der Waals surface area contributed by atoms with Gasteiger partial charge in [-0.2, -0.15) is 13.2 Å². The zero-order valence-electron chi connectivity index (χ0n) is 16.6. The normalized spacial score (nSPS) is 14.7. The van der Waals surface area contributed by atoms with Crippen LogP contribution in [0.5, 0.6) is 5.75 Å². The minimum atomic E-state index is -4.38. The molecule has 3 rings (SSSR count). The molecule has 0 bridgehead atoms. The van der Waals surface area contributed by atoms with E-state index in [9.17, 15) is 22.8 Å². The number of carbonyl (C=O) groups is 2. The highest BCUT2D eigenvalue weighted by Crippen LogP contribution is 2.31. The molecule has 1 fully saturated rings. The van der Waals surface area contributed by atoms with E-state index >= 15 is 0 Å². The Morgan fingerprint density at radius 1 is 1.03 bits per heavy atom. The summed E-state index contributed by atoms with van der Waals surface area (Å²) in [6.07, 6.45) is -1.26. The molecule has 2 amide bonds. The van der Waals surface area contributed by atoms with Crippen LogP contribution in [-0.4, -0.2) is 49.5 Å². The summed E-state index contributed by atoms with van der Waals surface area (Å²) in [4.78, 5) is 26.7. The lowest BCUT2D eigenvalue weighted by Gasteiger charge is -2.35. The van der Waals surface area contributed by atoms with Crippen LogP contribution in [0.1, 0.15) is 11.1 Å². The Morgan fingerprint density at radius 3 is 2.32 bits per heavy atom. The van der Waals surface area contributed by atoms with Crippen LogP contribution in [0.25, 0.3) is 6.08 Å². The van der Waals surface area contributed by atoms with Crippen LogP contribution < -0.4 is 15.4 Å². The first-order valence-corrected chi connectivity index (χ1v) is 9.63. The lowest BCUT2D eigenvalue weighted by atomic mass is 10.1. The van der Waals surface area contributed by atoms with Crippen LogP contribution in [0, 0.1) is 0 Å². The summed E-state index contributed by atoms with van der Waals surface area (Å²) in [5, 5.41) is 0. The first-order valence-electron chi connectivity index (χ1n) is 9.63. The molecule has 164 valence electrons. The molecule has 9 heteroatoms. The molecule has 1 aliphatic heterocycles. The first kappa shape index (κ1) is 22.2. The number of nitrogens with zero attached hydrogens (tertiary/aromatic N) is 2. The van der Waals surface area contributed by atoms with E-state index < -0.39 is 17.6 Å². The van der Waals surface area contributed by atoms with Crippen molar-refractivity contribution < 1.29 is 27.5 Å². The molecule has 0 radical (unpaired) electrons. The zero-order valence-corrected chi connectivity index (χ0v) is 16.6. The highest BCUT2D eigenvalue weighted by Gasteiger charge is 2.31. The van der Waals surface area contributed by atoms with E-state index in [2.05, 4.69) is 0 Å². The molecule has 0 aliphatic carbocycles.